The summed E-state index contributed by atoms with van der Waals surface area (Å²) < 4.78 is 15.4. The molecule has 100 valence electrons. The Morgan fingerprint density at radius 1 is 1.22 bits per heavy atom. The molecular weight excluding hydrogens is 232 g/mol. The van der Waals surface area contributed by atoms with Crippen molar-refractivity contribution in [2.75, 3.05) is 0 Å². The lowest BCUT2D eigenvalue weighted by atomic mass is 10.2. The molecular formula is C14H20O4. The number of benzene rings is 1. The Hall–Kier alpha value is -1.55. The summed E-state index contributed by atoms with van der Waals surface area (Å²) in [5.41, 5.74) is 0.923. The third-order valence-electron chi connectivity index (χ3n) is 2.18. The molecule has 0 spiro atoms. The zero-order valence-corrected chi connectivity index (χ0v) is 11.1. The van der Waals surface area contributed by atoms with Crippen LogP contribution < -0.4 is 0 Å². The number of hydrogen-bond donors (Lipinski definition) is 0. The SMILES string of the molecule is CCC(OC(=O)OCc1ccccc1)OC(C)C. The third-order valence-corrected chi connectivity index (χ3v) is 2.18. The molecule has 4 nitrogen and oxygen atoms in total. The van der Waals surface area contributed by atoms with Gasteiger partial charge in [0, 0.05) is 6.42 Å². The summed E-state index contributed by atoms with van der Waals surface area (Å²) >= 11 is 0. The van der Waals surface area contributed by atoms with Crippen LogP contribution in [0.2, 0.25) is 0 Å². The maximum atomic E-state index is 11.4. The van der Waals surface area contributed by atoms with Crippen LogP contribution in [0.3, 0.4) is 0 Å². The molecule has 0 fully saturated rings. The Labute approximate surface area is 108 Å². The number of hydrogen-bond acceptors (Lipinski definition) is 4. The lowest BCUT2D eigenvalue weighted by molar-refractivity contribution is -0.144. The Morgan fingerprint density at radius 3 is 2.44 bits per heavy atom. The van der Waals surface area contributed by atoms with Gasteiger partial charge in [-0.05, 0) is 19.4 Å². The number of carbonyl (C=O) groups excluding carboxylic acids is 1. The Kier molecular flexibility index (Phi) is 6.22. The first-order valence-corrected chi connectivity index (χ1v) is 6.14. The topological polar surface area (TPSA) is 44.8 Å². The van der Waals surface area contributed by atoms with Gasteiger partial charge in [0.15, 0.2) is 0 Å². The van der Waals surface area contributed by atoms with Crippen LogP contribution >= 0.6 is 0 Å². The molecule has 1 aromatic rings. The van der Waals surface area contributed by atoms with Gasteiger partial charge in [-0.3, -0.25) is 0 Å². The van der Waals surface area contributed by atoms with Crippen LogP contribution in [0.1, 0.15) is 32.8 Å². The van der Waals surface area contributed by atoms with Gasteiger partial charge in [0.25, 0.3) is 0 Å². The van der Waals surface area contributed by atoms with Crippen molar-refractivity contribution >= 4 is 6.16 Å². The van der Waals surface area contributed by atoms with Crippen molar-refractivity contribution in [3.05, 3.63) is 35.9 Å². The van der Waals surface area contributed by atoms with Crippen molar-refractivity contribution in [3.8, 4) is 0 Å². The van der Waals surface area contributed by atoms with E-state index in [2.05, 4.69) is 0 Å². The van der Waals surface area contributed by atoms with E-state index >= 15 is 0 Å². The molecule has 0 saturated heterocycles. The van der Waals surface area contributed by atoms with Gasteiger partial charge >= 0.3 is 6.16 Å². The molecule has 0 radical (unpaired) electrons. The molecule has 18 heavy (non-hydrogen) atoms. The first-order valence-electron chi connectivity index (χ1n) is 6.14. The Morgan fingerprint density at radius 2 is 1.89 bits per heavy atom. The summed E-state index contributed by atoms with van der Waals surface area (Å²) in [6, 6.07) is 9.46. The highest BCUT2D eigenvalue weighted by Crippen LogP contribution is 2.07. The van der Waals surface area contributed by atoms with Crippen molar-refractivity contribution in [1.82, 2.24) is 0 Å². The highest BCUT2D eigenvalue weighted by atomic mass is 16.8. The molecule has 1 rings (SSSR count). The van der Waals surface area contributed by atoms with Crippen molar-refractivity contribution in [3.63, 3.8) is 0 Å². The number of carbonyl (C=O) groups is 1. The molecule has 0 amide bonds. The highest BCUT2D eigenvalue weighted by Gasteiger charge is 2.15. The van der Waals surface area contributed by atoms with Crippen LogP contribution in [0.15, 0.2) is 30.3 Å². The fraction of sp³-hybridized carbons (Fsp3) is 0.500. The van der Waals surface area contributed by atoms with E-state index in [0.29, 0.717) is 6.42 Å². The predicted molar refractivity (Wildman–Crippen MR) is 68.0 cm³/mol. The summed E-state index contributed by atoms with van der Waals surface area (Å²) in [5.74, 6) is 0. The number of rotatable bonds is 6. The molecule has 0 aliphatic rings. The van der Waals surface area contributed by atoms with Crippen molar-refractivity contribution in [2.24, 2.45) is 0 Å². The van der Waals surface area contributed by atoms with E-state index in [9.17, 15) is 4.79 Å². The van der Waals surface area contributed by atoms with E-state index in [1.54, 1.807) is 0 Å². The van der Waals surface area contributed by atoms with E-state index < -0.39 is 12.4 Å². The molecule has 0 aliphatic carbocycles. The Bertz CT molecular complexity index is 348. The zero-order chi connectivity index (χ0) is 13.4. The van der Waals surface area contributed by atoms with E-state index in [-0.39, 0.29) is 12.7 Å². The highest BCUT2D eigenvalue weighted by molar-refractivity contribution is 5.60. The zero-order valence-electron chi connectivity index (χ0n) is 11.1. The normalized spacial score (nSPS) is 12.2. The van der Waals surface area contributed by atoms with Crippen molar-refractivity contribution in [1.29, 1.82) is 0 Å². The molecule has 0 N–H and O–H groups in total. The van der Waals surface area contributed by atoms with E-state index in [4.69, 9.17) is 14.2 Å². The fourth-order valence-corrected chi connectivity index (χ4v) is 1.37. The molecule has 0 saturated carbocycles. The van der Waals surface area contributed by atoms with E-state index in [1.807, 2.05) is 51.1 Å². The van der Waals surface area contributed by atoms with Crippen LogP contribution in [0.4, 0.5) is 4.79 Å². The summed E-state index contributed by atoms with van der Waals surface area (Å²) in [5, 5.41) is 0. The van der Waals surface area contributed by atoms with Gasteiger partial charge in [0.05, 0.1) is 6.10 Å². The first-order chi connectivity index (χ1) is 8.61. The average molecular weight is 252 g/mol. The number of ether oxygens (including phenoxy) is 3. The second kappa shape index (κ2) is 7.71. The second-order valence-corrected chi connectivity index (χ2v) is 4.16. The lowest BCUT2D eigenvalue weighted by Crippen LogP contribution is -2.24. The largest absolute Gasteiger partial charge is 0.510 e. The minimum atomic E-state index is -0.702. The molecule has 1 unspecified atom stereocenters. The van der Waals surface area contributed by atoms with E-state index in [0.717, 1.165) is 5.56 Å². The second-order valence-electron chi connectivity index (χ2n) is 4.16. The van der Waals surface area contributed by atoms with Crippen LogP contribution in [0.5, 0.6) is 0 Å². The summed E-state index contributed by atoms with van der Waals surface area (Å²) in [6.45, 7) is 5.87. The monoisotopic (exact) mass is 252 g/mol. The molecule has 0 bridgehead atoms. The lowest BCUT2D eigenvalue weighted by Gasteiger charge is -2.18. The van der Waals surface area contributed by atoms with Gasteiger partial charge in [-0.25, -0.2) is 4.79 Å². The summed E-state index contributed by atoms with van der Waals surface area (Å²) in [7, 11) is 0. The summed E-state index contributed by atoms with van der Waals surface area (Å²) in [6.07, 6.45) is -0.644. The third kappa shape index (κ3) is 5.68. The van der Waals surface area contributed by atoms with Gasteiger partial charge in [-0.1, -0.05) is 37.3 Å². The molecule has 4 heteroatoms. The molecule has 1 aromatic carbocycles. The predicted octanol–water partition coefficient (Wildman–Crippen LogP) is 3.50. The van der Waals surface area contributed by atoms with Crippen molar-refractivity contribution in [2.45, 2.75) is 46.2 Å². The van der Waals surface area contributed by atoms with Crippen LogP contribution in [0, 0.1) is 0 Å². The van der Waals surface area contributed by atoms with Gasteiger partial charge in [0.2, 0.25) is 6.29 Å². The maximum Gasteiger partial charge on any atom is 0.510 e. The summed E-state index contributed by atoms with van der Waals surface area (Å²) in [4.78, 5) is 11.4. The fourth-order valence-electron chi connectivity index (χ4n) is 1.37. The van der Waals surface area contributed by atoms with Gasteiger partial charge in [-0.2, -0.15) is 0 Å². The Balaban J connectivity index is 2.32. The van der Waals surface area contributed by atoms with Crippen LogP contribution in [-0.4, -0.2) is 18.5 Å². The smallest absolute Gasteiger partial charge is 0.429 e. The molecule has 0 aliphatic heterocycles. The van der Waals surface area contributed by atoms with Crippen LogP contribution in [0.25, 0.3) is 0 Å². The van der Waals surface area contributed by atoms with Crippen LogP contribution in [-0.2, 0) is 20.8 Å². The average Bonchev–Trinajstić information content (AvgIpc) is 2.36. The van der Waals surface area contributed by atoms with Gasteiger partial charge < -0.3 is 14.2 Å². The standard InChI is InChI=1S/C14H20O4/c1-4-13(17-11(2)3)18-14(15)16-10-12-8-6-5-7-9-12/h5-9,11,13H,4,10H2,1-3H3. The molecule has 1 atom stereocenters. The minimum absolute atomic E-state index is 0.0110. The van der Waals surface area contributed by atoms with Gasteiger partial charge in [-0.15, -0.1) is 0 Å². The molecule has 0 heterocycles. The first kappa shape index (κ1) is 14.5. The van der Waals surface area contributed by atoms with Gasteiger partial charge in [0.1, 0.15) is 6.61 Å². The van der Waals surface area contributed by atoms with Crippen molar-refractivity contribution < 1.29 is 19.0 Å². The molecule has 0 aromatic heterocycles. The minimum Gasteiger partial charge on any atom is -0.429 e. The van der Waals surface area contributed by atoms with E-state index in [1.165, 1.54) is 0 Å². The maximum absolute atomic E-state index is 11.4. The quantitative estimate of drug-likeness (QED) is 0.574.